The molecular formula is C42H22N2. The van der Waals surface area contributed by atoms with Gasteiger partial charge in [-0.3, -0.25) is 0 Å². The molecule has 2 aliphatic carbocycles. The molecule has 9 rings (SSSR count). The first-order valence-corrected chi connectivity index (χ1v) is 14.7. The molecule has 2 heteroatoms. The van der Waals surface area contributed by atoms with Crippen molar-refractivity contribution in [2.75, 3.05) is 0 Å². The van der Waals surface area contributed by atoms with Gasteiger partial charge in [-0.05, 0) is 106 Å². The Balaban J connectivity index is 1.49. The lowest BCUT2D eigenvalue weighted by atomic mass is 9.82. The molecule has 0 saturated carbocycles. The maximum absolute atomic E-state index is 9.51. The third kappa shape index (κ3) is 3.23. The molecule has 0 aromatic heterocycles. The van der Waals surface area contributed by atoms with Crippen molar-refractivity contribution in [1.82, 2.24) is 0 Å². The quantitative estimate of drug-likeness (QED) is 0.204. The van der Waals surface area contributed by atoms with Gasteiger partial charge in [0.25, 0.3) is 0 Å². The Kier molecular flexibility index (Phi) is 5.06. The van der Waals surface area contributed by atoms with E-state index in [1.165, 1.54) is 66.4 Å². The van der Waals surface area contributed by atoms with Crippen LogP contribution >= 0.6 is 0 Å². The van der Waals surface area contributed by atoms with Gasteiger partial charge >= 0.3 is 0 Å². The number of allylic oxidation sites excluding steroid dienone is 1. The zero-order chi connectivity index (χ0) is 29.4. The predicted octanol–water partition coefficient (Wildman–Crippen LogP) is 11.1. The Morgan fingerprint density at radius 2 is 0.909 bits per heavy atom. The zero-order valence-corrected chi connectivity index (χ0v) is 23.6. The summed E-state index contributed by atoms with van der Waals surface area (Å²) in [6, 6.07) is 49.6. The van der Waals surface area contributed by atoms with Crippen molar-refractivity contribution < 1.29 is 0 Å². The van der Waals surface area contributed by atoms with Crippen molar-refractivity contribution in [2.45, 2.75) is 0 Å². The van der Waals surface area contributed by atoms with Gasteiger partial charge in [-0.2, -0.15) is 10.5 Å². The molecule has 200 valence electrons. The number of fused-ring (bicyclic) bond motifs is 7. The first-order chi connectivity index (χ1) is 21.8. The second-order valence-corrected chi connectivity index (χ2v) is 11.4. The fourth-order valence-corrected chi connectivity index (χ4v) is 7.51. The number of rotatable bonds is 3. The summed E-state index contributed by atoms with van der Waals surface area (Å²) in [6.45, 7) is 0. The van der Waals surface area contributed by atoms with E-state index in [0.29, 0.717) is 0 Å². The average Bonchev–Trinajstić information content (AvgIpc) is 3.59. The second kappa shape index (κ2) is 9.14. The van der Waals surface area contributed by atoms with E-state index in [1.54, 1.807) is 6.08 Å². The van der Waals surface area contributed by atoms with Crippen molar-refractivity contribution >= 4 is 27.6 Å². The molecule has 0 N–H and O–H groups in total. The van der Waals surface area contributed by atoms with Gasteiger partial charge in [-0.1, -0.05) is 121 Å². The Bertz CT molecular complexity index is 2440. The van der Waals surface area contributed by atoms with Crippen LogP contribution < -0.4 is 0 Å². The molecule has 0 atom stereocenters. The van der Waals surface area contributed by atoms with Crippen LogP contribution in [-0.2, 0) is 0 Å². The maximum atomic E-state index is 9.51. The molecule has 0 aliphatic heterocycles. The minimum Gasteiger partial charge on any atom is -0.192 e. The van der Waals surface area contributed by atoms with Gasteiger partial charge in [0, 0.05) is 0 Å². The van der Waals surface area contributed by atoms with E-state index in [0.717, 1.165) is 27.5 Å². The lowest BCUT2D eigenvalue weighted by molar-refractivity contribution is 1.47. The summed E-state index contributed by atoms with van der Waals surface area (Å²) in [5.74, 6) is 0. The molecule has 44 heavy (non-hydrogen) atoms. The van der Waals surface area contributed by atoms with Crippen LogP contribution in [0, 0.1) is 22.7 Å². The molecule has 0 bridgehead atoms. The summed E-state index contributed by atoms with van der Waals surface area (Å²) >= 11 is 0. The van der Waals surface area contributed by atoms with Gasteiger partial charge < -0.3 is 0 Å². The van der Waals surface area contributed by atoms with Gasteiger partial charge in [-0.15, -0.1) is 0 Å². The highest BCUT2D eigenvalue weighted by Gasteiger charge is 2.34. The molecule has 0 spiro atoms. The van der Waals surface area contributed by atoms with Crippen LogP contribution in [0.4, 0.5) is 0 Å². The third-order valence-electron chi connectivity index (χ3n) is 9.22. The smallest absolute Gasteiger partial charge is 0.130 e. The molecule has 0 fully saturated rings. The summed E-state index contributed by atoms with van der Waals surface area (Å²) in [5.41, 5.74) is 15.8. The van der Waals surface area contributed by atoms with Crippen molar-refractivity contribution in [3.63, 3.8) is 0 Å². The first kappa shape index (κ1) is 24.4. The summed E-state index contributed by atoms with van der Waals surface area (Å²) in [6.07, 6.45) is 1.68. The van der Waals surface area contributed by atoms with E-state index < -0.39 is 0 Å². The molecule has 2 aliphatic rings. The van der Waals surface area contributed by atoms with Crippen molar-refractivity contribution in [1.29, 1.82) is 10.5 Å². The normalized spacial score (nSPS) is 11.6. The Labute approximate surface area is 255 Å². The van der Waals surface area contributed by atoms with Gasteiger partial charge in [0.05, 0.1) is 0 Å². The summed E-state index contributed by atoms with van der Waals surface area (Å²) in [7, 11) is 0. The Morgan fingerprint density at radius 1 is 0.432 bits per heavy atom. The Hall–Kier alpha value is -6.22. The first-order valence-electron chi connectivity index (χ1n) is 14.7. The maximum Gasteiger partial charge on any atom is 0.130 e. The number of hydrogen-bond acceptors (Lipinski definition) is 2. The van der Waals surface area contributed by atoms with Crippen molar-refractivity contribution in [2.24, 2.45) is 0 Å². The molecule has 0 radical (unpaired) electrons. The lowest BCUT2D eigenvalue weighted by Gasteiger charge is -2.21. The molecule has 7 aromatic carbocycles. The average molecular weight is 555 g/mol. The van der Waals surface area contributed by atoms with E-state index >= 15 is 0 Å². The molecule has 2 nitrogen and oxygen atoms in total. The largest absolute Gasteiger partial charge is 0.192 e. The van der Waals surface area contributed by atoms with Crippen LogP contribution in [-0.4, -0.2) is 0 Å². The topological polar surface area (TPSA) is 47.6 Å². The zero-order valence-electron chi connectivity index (χ0n) is 23.6. The highest BCUT2D eigenvalue weighted by Crippen LogP contribution is 2.61. The molecule has 7 aromatic rings. The van der Waals surface area contributed by atoms with Crippen LogP contribution in [0.3, 0.4) is 0 Å². The van der Waals surface area contributed by atoms with Crippen LogP contribution in [0.1, 0.15) is 5.56 Å². The SMILES string of the molecule is N#CC(C#N)=Cc1ccc2c(-c3ccccc3)c3c(c(-c4ccccc4)c2c1)-c1ccc2c4c(ccc-3c14)-c1ccccc1-2. The fourth-order valence-electron chi connectivity index (χ4n) is 7.51. The van der Waals surface area contributed by atoms with Crippen molar-refractivity contribution in [3.05, 3.63) is 139 Å². The van der Waals surface area contributed by atoms with E-state index in [2.05, 4.69) is 121 Å². The summed E-state index contributed by atoms with van der Waals surface area (Å²) in [5, 5.41) is 23.9. The van der Waals surface area contributed by atoms with Gasteiger partial charge in [0.1, 0.15) is 17.7 Å². The van der Waals surface area contributed by atoms with E-state index in [1.807, 2.05) is 18.2 Å². The number of hydrogen-bond donors (Lipinski definition) is 0. The van der Waals surface area contributed by atoms with E-state index in [4.69, 9.17) is 0 Å². The van der Waals surface area contributed by atoms with Gasteiger partial charge in [-0.25, -0.2) is 0 Å². The predicted molar refractivity (Wildman–Crippen MR) is 180 cm³/mol. The number of nitriles is 2. The highest BCUT2D eigenvalue weighted by atomic mass is 14.4. The summed E-state index contributed by atoms with van der Waals surface area (Å²) < 4.78 is 0. The lowest BCUT2D eigenvalue weighted by Crippen LogP contribution is -1.94. The minimum absolute atomic E-state index is 0.0882. The number of nitrogens with zero attached hydrogens (tertiary/aromatic N) is 2. The molecular weight excluding hydrogens is 532 g/mol. The fraction of sp³-hybridized carbons (Fsp3) is 0. The van der Waals surface area contributed by atoms with E-state index in [9.17, 15) is 10.5 Å². The molecule has 0 amide bonds. The van der Waals surface area contributed by atoms with Gasteiger partial charge in [0.15, 0.2) is 0 Å². The summed E-state index contributed by atoms with van der Waals surface area (Å²) in [4.78, 5) is 0. The van der Waals surface area contributed by atoms with Crippen LogP contribution in [0.5, 0.6) is 0 Å². The second-order valence-electron chi connectivity index (χ2n) is 11.4. The van der Waals surface area contributed by atoms with Crippen LogP contribution in [0.25, 0.3) is 94.4 Å². The molecule has 0 saturated heterocycles. The van der Waals surface area contributed by atoms with Crippen molar-refractivity contribution in [3.8, 4) is 78.9 Å². The third-order valence-corrected chi connectivity index (χ3v) is 9.22. The van der Waals surface area contributed by atoms with Gasteiger partial charge in [0.2, 0.25) is 0 Å². The monoisotopic (exact) mass is 554 g/mol. The Morgan fingerprint density at radius 3 is 1.45 bits per heavy atom. The van der Waals surface area contributed by atoms with Crippen LogP contribution in [0.2, 0.25) is 0 Å². The standard InChI is InChI=1S/C42H22N2/c43-23-26(24-44)21-25-15-16-33-36(22-25)38(28-11-5-2-6-12-28)42-35-20-18-32-30-14-8-7-13-29(30)31-17-19-34(40(35)39(31)32)41(42)37(33)27-9-3-1-4-10-27/h1-22H. The van der Waals surface area contributed by atoms with E-state index in [-0.39, 0.29) is 5.57 Å². The minimum atomic E-state index is 0.0882. The molecule has 0 heterocycles. The van der Waals surface area contributed by atoms with Crippen LogP contribution in [0.15, 0.2) is 133 Å². The molecule has 0 unspecified atom stereocenters. The highest BCUT2D eigenvalue weighted by molar-refractivity contribution is 6.32. The number of benzene rings is 7.